The van der Waals surface area contributed by atoms with Gasteiger partial charge in [0.2, 0.25) is 5.91 Å². The molecule has 1 N–H and O–H groups in total. The molecule has 1 aliphatic heterocycles. The first-order chi connectivity index (χ1) is 9.78. The average molecular weight is 270 g/mol. The van der Waals surface area contributed by atoms with Gasteiger partial charge < -0.3 is 9.88 Å². The minimum Gasteiger partial charge on any atom is -0.358 e. The summed E-state index contributed by atoms with van der Waals surface area (Å²) in [4.78, 5) is 17.6. The van der Waals surface area contributed by atoms with Gasteiger partial charge in [0, 0.05) is 36.6 Å². The molecule has 0 aliphatic carbocycles. The van der Waals surface area contributed by atoms with Gasteiger partial charge in [-0.15, -0.1) is 0 Å². The SMILES string of the molecule is CCCC(=O)N1CCCC(c2cc3ccccc3[nH]2)C1. The number of amides is 1. The maximum atomic E-state index is 12.1. The molecule has 1 atom stereocenters. The van der Waals surface area contributed by atoms with Gasteiger partial charge in [0.05, 0.1) is 0 Å². The summed E-state index contributed by atoms with van der Waals surface area (Å²) in [6.07, 6.45) is 3.89. The normalized spacial score (nSPS) is 19.4. The van der Waals surface area contributed by atoms with E-state index >= 15 is 0 Å². The van der Waals surface area contributed by atoms with Crippen LogP contribution in [0.5, 0.6) is 0 Å². The fourth-order valence-electron chi connectivity index (χ4n) is 3.15. The molecule has 1 unspecified atom stereocenters. The molecular formula is C17H22N2O. The van der Waals surface area contributed by atoms with Crippen LogP contribution in [0.1, 0.15) is 44.2 Å². The molecule has 2 heterocycles. The van der Waals surface area contributed by atoms with Gasteiger partial charge in [-0.25, -0.2) is 0 Å². The molecule has 1 aromatic carbocycles. The van der Waals surface area contributed by atoms with E-state index in [2.05, 4.69) is 42.2 Å². The summed E-state index contributed by atoms with van der Waals surface area (Å²) in [5.74, 6) is 0.769. The van der Waals surface area contributed by atoms with Crippen LogP contribution in [0.25, 0.3) is 10.9 Å². The number of carbonyl (C=O) groups is 1. The second-order valence-electron chi connectivity index (χ2n) is 5.74. The largest absolute Gasteiger partial charge is 0.358 e. The van der Waals surface area contributed by atoms with Gasteiger partial charge in [-0.2, -0.15) is 0 Å². The van der Waals surface area contributed by atoms with Crippen LogP contribution < -0.4 is 0 Å². The second kappa shape index (κ2) is 5.70. The summed E-state index contributed by atoms with van der Waals surface area (Å²) in [6, 6.07) is 10.6. The second-order valence-corrected chi connectivity index (χ2v) is 5.74. The topological polar surface area (TPSA) is 36.1 Å². The summed E-state index contributed by atoms with van der Waals surface area (Å²) in [6.45, 7) is 3.86. The Morgan fingerprint density at radius 3 is 3.05 bits per heavy atom. The zero-order valence-corrected chi connectivity index (χ0v) is 12.1. The first kappa shape index (κ1) is 13.2. The van der Waals surface area contributed by atoms with Crippen molar-refractivity contribution in [1.29, 1.82) is 0 Å². The molecule has 2 aromatic rings. The van der Waals surface area contributed by atoms with Crippen LogP contribution in [0.3, 0.4) is 0 Å². The van der Waals surface area contributed by atoms with E-state index in [0.717, 1.165) is 25.9 Å². The standard InChI is InChI=1S/C17H22N2O/c1-2-6-17(20)19-10-5-8-14(12-19)16-11-13-7-3-4-9-15(13)18-16/h3-4,7,9,11,14,18H,2,5-6,8,10,12H2,1H3. The highest BCUT2D eigenvalue weighted by Gasteiger charge is 2.25. The summed E-state index contributed by atoms with van der Waals surface area (Å²) < 4.78 is 0. The molecule has 3 rings (SSSR count). The number of para-hydroxylation sites is 1. The fourth-order valence-corrected chi connectivity index (χ4v) is 3.15. The van der Waals surface area contributed by atoms with E-state index in [0.29, 0.717) is 18.2 Å². The quantitative estimate of drug-likeness (QED) is 0.907. The van der Waals surface area contributed by atoms with Crippen LogP contribution >= 0.6 is 0 Å². The number of benzene rings is 1. The number of rotatable bonds is 3. The van der Waals surface area contributed by atoms with Crippen molar-refractivity contribution in [3.63, 3.8) is 0 Å². The Morgan fingerprint density at radius 1 is 1.40 bits per heavy atom. The summed E-state index contributed by atoms with van der Waals surface area (Å²) in [7, 11) is 0. The molecule has 1 fully saturated rings. The number of aromatic amines is 1. The molecule has 1 aliphatic rings. The molecule has 0 bridgehead atoms. The highest BCUT2D eigenvalue weighted by Crippen LogP contribution is 2.29. The molecule has 1 aromatic heterocycles. The van der Waals surface area contributed by atoms with E-state index in [1.54, 1.807) is 0 Å². The number of nitrogens with one attached hydrogen (secondary N) is 1. The molecule has 106 valence electrons. The summed E-state index contributed by atoms with van der Waals surface area (Å²) >= 11 is 0. The number of fused-ring (bicyclic) bond motifs is 1. The van der Waals surface area contributed by atoms with Crippen molar-refractivity contribution >= 4 is 16.8 Å². The molecule has 0 radical (unpaired) electrons. The maximum absolute atomic E-state index is 12.1. The predicted molar refractivity (Wildman–Crippen MR) is 81.8 cm³/mol. The number of nitrogens with zero attached hydrogens (tertiary/aromatic N) is 1. The molecule has 0 saturated carbocycles. The molecule has 1 amide bonds. The molecule has 1 saturated heterocycles. The molecular weight excluding hydrogens is 248 g/mol. The molecule has 3 heteroatoms. The van der Waals surface area contributed by atoms with Crippen LogP contribution in [-0.4, -0.2) is 28.9 Å². The van der Waals surface area contributed by atoms with Crippen molar-refractivity contribution in [3.8, 4) is 0 Å². The third kappa shape index (κ3) is 2.58. The van der Waals surface area contributed by atoms with Crippen molar-refractivity contribution in [2.45, 2.75) is 38.5 Å². The zero-order chi connectivity index (χ0) is 13.9. The fraction of sp³-hybridized carbons (Fsp3) is 0.471. The number of aromatic nitrogens is 1. The van der Waals surface area contributed by atoms with Crippen LogP contribution in [0, 0.1) is 0 Å². The number of H-pyrrole nitrogens is 1. The molecule has 20 heavy (non-hydrogen) atoms. The van der Waals surface area contributed by atoms with Crippen molar-refractivity contribution in [2.24, 2.45) is 0 Å². The first-order valence-corrected chi connectivity index (χ1v) is 7.63. The average Bonchev–Trinajstić information content (AvgIpc) is 2.91. The Hall–Kier alpha value is -1.77. The smallest absolute Gasteiger partial charge is 0.222 e. The van der Waals surface area contributed by atoms with E-state index in [1.807, 2.05) is 4.90 Å². The zero-order valence-electron chi connectivity index (χ0n) is 12.1. The third-order valence-electron chi connectivity index (χ3n) is 4.23. The van der Waals surface area contributed by atoms with Crippen molar-refractivity contribution in [2.75, 3.05) is 13.1 Å². The van der Waals surface area contributed by atoms with Gasteiger partial charge in [-0.3, -0.25) is 4.79 Å². The Kier molecular flexibility index (Phi) is 3.77. The third-order valence-corrected chi connectivity index (χ3v) is 4.23. The van der Waals surface area contributed by atoms with E-state index in [4.69, 9.17) is 0 Å². The van der Waals surface area contributed by atoms with E-state index in [-0.39, 0.29) is 0 Å². The van der Waals surface area contributed by atoms with Crippen LogP contribution in [0.4, 0.5) is 0 Å². The van der Waals surface area contributed by atoms with Crippen LogP contribution in [-0.2, 0) is 4.79 Å². The Morgan fingerprint density at radius 2 is 2.25 bits per heavy atom. The summed E-state index contributed by atoms with van der Waals surface area (Å²) in [5.41, 5.74) is 2.47. The Labute approximate surface area is 120 Å². The molecule has 3 nitrogen and oxygen atoms in total. The van der Waals surface area contributed by atoms with Crippen molar-refractivity contribution in [1.82, 2.24) is 9.88 Å². The first-order valence-electron chi connectivity index (χ1n) is 7.63. The van der Waals surface area contributed by atoms with Crippen LogP contribution in [0.15, 0.2) is 30.3 Å². The van der Waals surface area contributed by atoms with Gasteiger partial charge in [-0.05, 0) is 36.8 Å². The molecule has 0 spiro atoms. The highest BCUT2D eigenvalue weighted by molar-refractivity contribution is 5.80. The van der Waals surface area contributed by atoms with E-state index in [1.165, 1.54) is 23.0 Å². The van der Waals surface area contributed by atoms with Gasteiger partial charge in [0.15, 0.2) is 0 Å². The predicted octanol–water partition coefficient (Wildman–Crippen LogP) is 3.67. The number of carbonyl (C=O) groups excluding carboxylic acids is 1. The number of piperidine rings is 1. The van der Waals surface area contributed by atoms with Crippen molar-refractivity contribution < 1.29 is 4.79 Å². The number of likely N-dealkylation sites (tertiary alicyclic amines) is 1. The Bertz CT molecular complexity index is 569. The lowest BCUT2D eigenvalue weighted by Crippen LogP contribution is -2.39. The minimum atomic E-state index is 0.313. The lowest BCUT2D eigenvalue weighted by molar-refractivity contribution is -0.132. The Balaban J connectivity index is 1.77. The van der Waals surface area contributed by atoms with Crippen molar-refractivity contribution in [3.05, 3.63) is 36.0 Å². The number of hydrogen-bond acceptors (Lipinski definition) is 1. The van der Waals surface area contributed by atoms with E-state index in [9.17, 15) is 4.79 Å². The maximum Gasteiger partial charge on any atom is 0.222 e. The minimum absolute atomic E-state index is 0.313. The van der Waals surface area contributed by atoms with Gasteiger partial charge in [0.25, 0.3) is 0 Å². The lowest BCUT2D eigenvalue weighted by atomic mass is 9.94. The van der Waals surface area contributed by atoms with Crippen LogP contribution in [0.2, 0.25) is 0 Å². The van der Waals surface area contributed by atoms with E-state index < -0.39 is 0 Å². The summed E-state index contributed by atoms with van der Waals surface area (Å²) in [5, 5.41) is 1.26. The van der Waals surface area contributed by atoms with Gasteiger partial charge in [0.1, 0.15) is 0 Å². The van der Waals surface area contributed by atoms with Gasteiger partial charge >= 0.3 is 0 Å². The van der Waals surface area contributed by atoms with Gasteiger partial charge in [-0.1, -0.05) is 25.1 Å². The highest BCUT2D eigenvalue weighted by atomic mass is 16.2. The lowest BCUT2D eigenvalue weighted by Gasteiger charge is -2.32. The monoisotopic (exact) mass is 270 g/mol. The number of hydrogen-bond donors (Lipinski definition) is 1.